The minimum atomic E-state index is -0.937. The Hall–Kier alpha value is -2.52. The van der Waals surface area contributed by atoms with Crippen molar-refractivity contribution >= 4 is 17.6 Å². The van der Waals surface area contributed by atoms with Crippen molar-refractivity contribution in [3.8, 4) is 22.5 Å². The van der Waals surface area contributed by atoms with Crippen LogP contribution in [0.25, 0.3) is 22.5 Å². The number of carbonyl (C=O) groups is 1. The molecular formula is C17H11ClO3. The summed E-state index contributed by atoms with van der Waals surface area (Å²) in [6.45, 7) is 0. The van der Waals surface area contributed by atoms with Crippen LogP contribution in [0, 0.1) is 0 Å². The first-order valence-corrected chi connectivity index (χ1v) is 6.70. The maximum absolute atomic E-state index is 10.8. The Bertz CT molecular complexity index is 774. The van der Waals surface area contributed by atoms with Crippen LogP contribution in [0.15, 0.2) is 65.3 Å². The van der Waals surface area contributed by atoms with Gasteiger partial charge in [0.2, 0.25) is 0 Å². The first-order valence-electron chi connectivity index (χ1n) is 6.32. The Morgan fingerprint density at radius 3 is 2.29 bits per heavy atom. The van der Waals surface area contributed by atoms with Crippen molar-refractivity contribution in [1.82, 2.24) is 0 Å². The molecule has 0 amide bonds. The second kappa shape index (κ2) is 5.46. The third-order valence-corrected chi connectivity index (χ3v) is 3.53. The average Bonchev–Trinajstić information content (AvgIpc) is 3.01. The molecule has 0 unspecified atom stereocenters. The van der Waals surface area contributed by atoms with Crippen molar-refractivity contribution in [2.24, 2.45) is 0 Å². The molecule has 0 bridgehead atoms. The van der Waals surface area contributed by atoms with E-state index in [0.29, 0.717) is 10.8 Å². The molecule has 104 valence electrons. The lowest BCUT2D eigenvalue weighted by Gasteiger charge is -2.06. The molecule has 1 N–H and O–H groups in total. The fourth-order valence-electron chi connectivity index (χ4n) is 2.13. The van der Waals surface area contributed by atoms with Crippen LogP contribution >= 0.6 is 11.6 Å². The number of furan rings is 1. The van der Waals surface area contributed by atoms with E-state index in [1.807, 2.05) is 30.3 Å². The number of hydrogen-bond acceptors (Lipinski definition) is 2. The number of benzene rings is 2. The molecule has 0 aliphatic heterocycles. The van der Waals surface area contributed by atoms with E-state index < -0.39 is 5.97 Å². The van der Waals surface area contributed by atoms with Crippen LogP contribution in [0.5, 0.6) is 0 Å². The molecule has 3 rings (SSSR count). The van der Waals surface area contributed by atoms with E-state index in [4.69, 9.17) is 21.1 Å². The second-order valence-corrected chi connectivity index (χ2v) is 4.96. The van der Waals surface area contributed by atoms with Crippen LogP contribution in [0.4, 0.5) is 0 Å². The van der Waals surface area contributed by atoms with Crippen LogP contribution in [0.3, 0.4) is 0 Å². The van der Waals surface area contributed by atoms with Crippen molar-refractivity contribution in [2.45, 2.75) is 0 Å². The van der Waals surface area contributed by atoms with Gasteiger partial charge in [-0.25, -0.2) is 4.79 Å². The zero-order chi connectivity index (χ0) is 14.8. The lowest BCUT2D eigenvalue weighted by atomic mass is 10.0. The summed E-state index contributed by atoms with van der Waals surface area (Å²) in [5, 5.41) is 9.49. The molecule has 4 heteroatoms. The second-order valence-electron chi connectivity index (χ2n) is 4.55. The normalized spacial score (nSPS) is 10.5. The monoisotopic (exact) mass is 298 g/mol. The molecular weight excluding hydrogens is 288 g/mol. The summed E-state index contributed by atoms with van der Waals surface area (Å²) in [4.78, 5) is 10.8. The van der Waals surface area contributed by atoms with Gasteiger partial charge in [0.1, 0.15) is 5.76 Å². The minimum absolute atomic E-state index is 0.261. The Labute approximate surface area is 126 Å². The van der Waals surface area contributed by atoms with Gasteiger partial charge in [-0.3, -0.25) is 0 Å². The van der Waals surface area contributed by atoms with Gasteiger partial charge in [-0.2, -0.15) is 0 Å². The number of rotatable bonds is 3. The van der Waals surface area contributed by atoms with Crippen LogP contribution < -0.4 is 0 Å². The average molecular weight is 299 g/mol. The Morgan fingerprint density at radius 1 is 1.00 bits per heavy atom. The molecule has 0 atom stereocenters. The molecule has 0 saturated carbocycles. The van der Waals surface area contributed by atoms with Crippen LogP contribution in [0.1, 0.15) is 10.4 Å². The summed E-state index contributed by atoms with van der Waals surface area (Å²) in [7, 11) is 0. The molecule has 1 heterocycles. The zero-order valence-electron chi connectivity index (χ0n) is 10.9. The quantitative estimate of drug-likeness (QED) is 0.743. The molecule has 0 fully saturated rings. The van der Waals surface area contributed by atoms with Gasteiger partial charge in [0.15, 0.2) is 0 Å². The Balaban J connectivity index is 1.96. The van der Waals surface area contributed by atoms with E-state index in [2.05, 4.69) is 0 Å². The van der Waals surface area contributed by atoms with E-state index in [9.17, 15) is 4.79 Å². The highest BCUT2D eigenvalue weighted by molar-refractivity contribution is 6.33. The SMILES string of the molecule is O=C(O)c1ccc(-c2ccc(-c3ccco3)c(Cl)c2)cc1. The van der Waals surface area contributed by atoms with E-state index in [1.54, 1.807) is 30.5 Å². The molecule has 21 heavy (non-hydrogen) atoms. The van der Waals surface area contributed by atoms with Crippen molar-refractivity contribution in [3.05, 3.63) is 71.4 Å². The molecule has 0 aliphatic carbocycles. The number of carboxylic acid groups (broad SMARTS) is 1. The number of aromatic carboxylic acids is 1. The van der Waals surface area contributed by atoms with Crippen molar-refractivity contribution < 1.29 is 14.3 Å². The van der Waals surface area contributed by atoms with Gasteiger partial charge in [0.25, 0.3) is 0 Å². The standard InChI is InChI=1S/C17H11ClO3/c18-15-10-13(7-8-14(15)16-2-1-9-21-16)11-3-5-12(6-4-11)17(19)20/h1-10H,(H,19,20). The van der Waals surface area contributed by atoms with Crippen molar-refractivity contribution in [1.29, 1.82) is 0 Å². The maximum Gasteiger partial charge on any atom is 0.335 e. The Morgan fingerprint density at radius 2 is 1.71 bits per heavy atom. The molecule has 2 aromatic carbocycles. The molecule has 3 nitrogen and oxygen atoms in total. The number of halogens is 1. The zero-order valence-corrected chi connectivity index (χ0v) is 11.7. The molecule has 0 aliphatic rings. The van der Waals surface area contributed by atoms with Gasteiger partial charge in [-0.05, 0) is 47.5 Å². The predicted molar refractivity (Wildman–Crippen MR) is 81.5 cm³/mol. The first kappa shape index (κ1) is 13.5. The smallest absolute Gasteiger partial charge is 0.335 e. The molecule has 3 aromatic rings. The summed E-state index contributed by atoms with van der Waals surface area (Å²) in [5.74, 6) is -0.222. The Kier molecular flexibility index (Phi) is 3.50. The highest BCUT2D eigenvalue weighted by Crippen LogP contribution is 2.32. The highest BCUT2D eigenvalue weighted by atomic mass is 35.5. The molecule has 0 saturated heterocycles. The molecule has 1 aromatic heterocycles. The third kappa shape index (κ3) is 2.69. The highest BCUT2D eigenvalue weighted by Gasteiger charge is 2.09. The van der Waals surface area contributed by atoms with Crippen molar-refractivity contribution in [2.75, 3.05) is 0 Å². The first-order chi connectivity index (χ1) is 10.1. The maximum atomic E-state index is 10.8. The topological polar surface area (TPSA) is 50.4 Å². The fraction of sp³-hybridized carbons (Fsp3) is 0. The summed E-state index contributed by atoms with van der Waals surface area (Å²) < 4.78 is 5.34. The molecule has 0 radical (unpaired) electrons. The van der Waals surface area contributed by atoms with Gasteiger partial charge in [0.05, 0.1) is 16.8 Å². The summed E-state index contributed by atoms with van der Waals surface area (Å²) in [6, 6.07) is 16.0. The van der Waals surface area contributed by atoms with Crippen LogP contribution in [-0.2, 0) is 0 Å². The molecule has 0 spiro atoms. The van der Waals surface area contributed by atoms with Gasteiger partial charge >= 0.3 is 5.97 Å². The lowest BCUT2D eigenvalue weighted by molar-refractivity contribution is 0.0697. The summed E-state index contributed by atoms with van der Waals surface area (Å²) >= 11 is 6.30. The van der Waals surface area contributed by atoms with Gasteiger partial charge in [0, 0.05) is 5.56 Å². The van der Waals surface area contributed by atoms with Crippen LogP contribution in [-0.4, -0.2) is 11.1 Å². The number of hydrogen-bond donors (Lipinski definition) is 1. The van der Waals surface area contributed by atoms with E-state index in [0.717, 1.165) is 16.7 Å². The number of carboxylic acids is 1. The minimum Gasteiger partial charge on any atom is -0.478 e. The summed E-state index contributed by atoms with van der Waals surface area (Å²) in [6.07, 6.45) is 1.60. The van der Waals surface area contributed by atoms with Gasteiger partial charge < -0.3 is 9.52 Å². The van der Waals surface area contributed by atoms with Gasteiger partial charge in [-0.15, -0.1) is 0 Å². The van der Waals surface area contributed by atoms with Crippen LogP contribution in [0.2, 0.25) is 5.02 Å². The van der Waals surface area contributed by atoms with E-state index in [1.165, 1.54) is 0 Å². The fourth-order valence-corrected chi connectivity index (χ4v) is 2.41. The third-order valence-electron chi connectivity index (χ3n) is 3.22. The van der Waals surface area contributed by atoms with Gasteiger partial charge in [-0.1, -0.05) is 29.8 Å². The summed E-state index contributed by atoms with van der Waals surface area (Å²) in [5.41, 5.74) is 2.92. The van der Waals surface area contributed by atoms with E-state index in [-0.39, 0.29) is 5.56 Å². The largest absolute Gasteiger partial charge is 0.478 e. The lowest BCUT2D eigenvalue weighted by Crippen LogP contribution is -1.94. The van der Waals surface area contributed by atoms with Crippen molar-refractivity contribution in [3.63, 3.8) is 0 Å². The predicted octanol–water partition coefficient (Wildman–Crippen LogP) is 4.97. The van der Waals surface area contributed by atoms with E-state index >= 15 is 0 Å².